The molecule has 0 saturated heterocycles. The molecule has 0 spiro atoms. The van der Waals surface area contributed by atoms with Crippen molar-refractivity contribution in [2.45, 2.75) is 32.5 Å². The Kier molecular flexibility index (Phi) is 4.49. The van der Waals surface area contributed by atoms with Gasteiger partial charge in [0, 0.05) is 12.1 Å². The largest absolute Gasteiger partial charge is 0.416 e. The van der Waals surface area contributed by atoms with E-state index in [0.29, 0.717) is 12.2 Å². The number of alkyl halides is 3. The van der Waals surface area contributed by atoms with Crippen LogP contribution in [0.5, 0.6) is 0 Å². The third kappa shape index (κ3) is 3.53. The lowest BCUT2D eigenvalue weighted by molar-refractivity contribution is -0.137. The van der Waals surface area contributed by atoms with Crippen LogP contribution in [0.25, 0.3) is 0 Å². The highest BCUT2D eigenvalue weighted by Gasteiger charge is 2.32. The van der Waals surface area contributed by atoms with E-state index in [1.807, 2.05) is 31.7 Å². The Labute approximate surface area is 117 Å². The van der Waals surface area contributed by atoms with Crippen molar-refractivity contribution in [3.63, 3.8) is 0 Å². The second-order valence-electron chi connectivity index (χ2n) is 5.41. The summed E-state index contributed by atoms with van der Waals surface area (Å²) in [6.45, 7) is 9.87. The van der Waals surface area contributed by atoms with E-state index in [1.54, 1.807) is 6.08 Å². The first-order chi connectivity index (χ1) is 9.11. The van der Waals surface area contributed by atoms with Crippen molar-refractivity contribution in [2.24, 2.45) is 0 Å². The van der Waals surface area contributed by atoms with Gasteiger partial charge in [-0.1, -0.05) is 6.08 Å². The zero-order chi connectivity index (χ0) is 15.6. The number of rotatable bonds is 3. The first kappa shape index (κ1) is 16.1. The Bertz CT molecular complexity index is 534. The fourth-order valence-electron chi connectivity index (χ4n) is 1.90. The van der Waals surface area contributed by atoms with Gasteiger partial charge in [-0.25, -0.2) is 0 Å². The van der Waals surface area contributed by atoms with Crippen LogP contribution in [0, 0.1) is 11.3 Å². The van der Waals surface area contributed by atoms with Crippen molar-refractivity contribution in [3.8, 4) is 6.07 Å². The minimum absolute atomic E-state index is 0.0107. The number of anilines is 1. The zero-order valence-corrected chi connectivity index (χ0v) is 11.8. The molecule has 0 saturated carbocycles. The van der Waals surface area contributed by atoms with Crippen LogP contribution in [0.2, 0.25) is 0 Å². The standard InChI is InChI=1S/C15H17F3N2/c1-5-8-20(14(2,3)4)13-7-6-12(15(16,17)18)9-11(13)10-19/h5-7,9H,1,8H2,2-4H3. The maximum absolute atomic E-state index is 12.7. The smallest absolute Gasteiger partial charge is 0.362 e. The fourth-order valence-corrected chi connectivity index (χ4v) is 1.90. The van der Waals surface area contributed by atoms with Crippen LogP contribution >= 0.6 is 0 Å². The second-order valence-corrected chi connectivity index (χ2v) is 5.41. The van der Waals surface area contributed by atoms with Crippen LogP contribution in [0.3, 0.4) is 0 Å². The molecule has 0 aliphatic carbocycles. The first-order valence-electron chi connectivity index (χ1n) is 6.11. The number of nitrogens with zero attached hydrogens (tertiary/aromatic N) is 2. The maximum Gasteiger partial charge on any atom is 0.416 e. The van der Waals surface area contributed by atoms with Crippen LogP contribution < -0.4 is 4.90 Å². The number of halogens is 3. The van der Waals surface area contributed by atoms with Gasteiger partial charge in [0.2, 0.25) is 0 Å². The number of benzene rings is 1. The van der Waals surface area contributed by atoms with E-state index in [9.17, 15) is 13.2 Å². The average Bonchev–Trinajstić information content (AvgIpc) is 2.32. The molecule has 0 atom stereocenters. The molecule has 0 fully saturated rings. The van der Waals surface area contributed by atoms with Crippen LogP contribution in [-0.4, -0.2) is 12.1 Å². The molecule has 0 bridgehead atoms. The molecule has 0 aromatic heterocycles. The Morgan fingerprint density at radius 3 is 2.30 bits per heavy atom. The molecule has 0 heterocycles. The fraction of sp³-hybridized carbons (Fsp3) is 0.400. The molecule has 0 amide bonds. The third-order valence-corrected chi connectivity index (χ3v) is 2.86. The Balaban J connectivity index is 3.38. The topological polar surface area (TPSA) is 27.0 Å². The van der Waals surface area contributed by atoms with Gasteiger partial charge in [0.05, 0.1) is 16.8 Å². The zero-order valence-electron chi connectivity index (χ0n) is 11.8. The summed E-state index contributed by atoms with van der Waals surface area (Å²) in [5, 5.41) is 9.12. The molecule has 0 radical (unpaired) electrons. The van der Waals surface area contributed by atoms with Crippen molar-refractivity contribution in [1.29, 1.82) is 5.26 Å². The summed E-state index contributed by atoms with van der Waals surface area (Å²) in [5.41, 5.74) is -0.658. The summed E-state index contributed by atoms with van der Waals surface area (Å²) in [7, 11) is 0. The monoisotopic (exact) mass is 282 g/mol. The summed E-state index contributed by atoms with van der Waals surface area (Å²) < 4.78 is 38.0. The van der Waals surface area contributed by atoms with Crippen molar-refractivity contribution < 1.29 is 13.2 Å². The maximum atomic E-state index is 12.7. The van der Waals surface area contributed by atoms with E-state index in [2.05, 4.69) is 6.58 Å². The molecule has 1 aromatic carbocycles. The molecule has 0 aliphatic heterocycles. The van der Waals surface area contributed by atoms with Gasteiger partial charge >= 0.3 is 6.18 Å². The first-order valence-corrected chi connectivity index (χ1v) is 6.11. The second kappa shape index (κ2) is 5.58. The van der Waals surface area contributed by atoms with Gasteiger partial charge in [-0.05, 0) is 39.0 Å². The van der Waals surface area contributed by atoms with E-state index in [0.717, 1.165) is 12.1 Å². The Morgan fingerprint density at radius 1 is 1.30 bits per heavy atom. The van der Waals surface area contributed by atoms with E-state index >= 15 is 0 Å². The molecule has 0 N–H and O–H groups in total. The van der Waals surface area contributed by atoms with Gasteiger partial charge in [-0.3, -0.25) is 0 Å². The van der Waals surface area contributed by atoms with Crippen molar-refractivity contribution in [1.82, 2.24) is 0 Å². The van der Waals surface area contributed by atoms with E-state index in [4.69, 9.17) is 5.26 Å². The molecular formula is C15H17F3N2. The van der Waals surface area contributed by atoms with Gasteiger partial charge in [-0.2, -0.15) is 18.4 Å². The molecule has 108 valence electrons. The normalized spacial score (nSPS) is 11.8. The van der Waals surface area contributed by atoms with Gasteiger partial charge in [0.25, 0.3) is 0 Å². The van der Waals surface area contributed by atoms with Gasteiger partial charge in [0.1, 0.15) is 6.07 Å². The Hall–Kier alpha value is -1.96. The van der Waals surface area contributed by atoms with Crippen LogP contribution in [0.1, 0.15) is 31.9 Å². The summed E-state index contributed by atoms with van der Waals surface area (Å²) in [5.74, 6) is 0. The third-order valence-electron chi connectivity index (χ3n) is 2.86. The van der Waals surface area contributed by atoms with Crippen LogP contribution in [-0.2, 0) is 6.18 Å². The molecule has 5 heteroatoms. The van der Waals surface area contributed by atoms with Crippen LogP contribution in [0.15, 0.2) is 30.9 Å². The van der Waals surface area contributed by atoms with E-state index < -0.39 is 11.7 Å². The van der Waals surface area contributed by atoms with E-state index in [-0.39, 0.29) is 11.1 Å². The number of nitriles is 1. The SMILES string of the molecule is C=CCN(c1ccc(C(F)(F)F)cc1C#N)C(C)(C)C. The summed E-state index contributed by atoms with van der Waals surface area (Å²) in [4.78, 5) is 1.85. The highest BCUT2D eigenvalue weighted by atomic mass is 19.4. The minimum atomic E-state index is -4.45. The highest BCUT2D eigenvalue weighted by Crippen LogP contribution is 2.34. The lowest BCUT2D eigenvalue weighted by atomic mass is 10.0. The van der Waals surface area contributed by atoms with Gasteiger partial charge in [-0.15, -0.1) is 6.58 Å². The molecule has 0 aliphatic rings. The van der Waals surface area contributed by atoms with Gasteiger partial charge in [0.15, 0.2) is 0 Å². The number of hydrogen-bond acceptors (Lipinski definition) is 2. The predicted molar refractivity (Wildman–Crippen MR) is 73.5 cm³/mol. The lowest BCUT2D eigenvalue weighted by Crippen LogP contribution is -2.42. The summed E-state index contributed by atoms with van der Waals surface area (Å²) >= 11 is 0. The molecule has 20 heavy (non-hydrogen) atoms. The van der Waals surface area contributed by atoms with Crippen molar-refractivity contribution in [3.05, 3.63) is 42.0 Å². The predicted octanol–water partition coefficient (Wildman–Crippen LogP) is 4.37. The van der Waals surface area contributed by atoms with Crippen molar-refractivity contribution in [2.75, 3.05) is 11.4 Å². The molecular weight excluding hydrogens is 265 g/mol. The molecule has 1 aromatic rings. The molecule has 2 nitrogen and oxygen atoms in total. The average molecular weight is 282 g/mol. The summed E-state index contributed by atoms with van der Waals surface area (Å²) in [6.07, 6.45) is -2.79. The minimum Gasteiger partial charge on any atom is -0.362 e. The quantitative estimate of drug-likeness (QED) is 0.770. The molecule has 0 unspecified atom stereocenters. The van der Waals surface area contributed by atoms with E-state index in [1.165, 1.54) is 6.07 Å². The summed E-state index contributed by atoms with van der Waals surface area (Å²) in [6, 6.07) is 5.07. The van der Waals surface area contributed by atoms with Crippen molar-refractivity contribution >= 4 is 5.69 Å². The highest BCUT2D eigenvalue weighted by molar-refractivity contribution is 5.62. The Morgan fingerprint density at radius 2 is 1.90 bits per heavy atom. The lowest BCUT2D eigenvalue weighted by Gasteiger charge is -2.37. The van der Waals surface area contributed by atoms with Crippen LogP contribution in [0.4, 0.5) is 18.9 Å². The van der Waals surface area contributed by atoms with Gasteiger partial charge < -0.3 is 4.90 Å². The molecule has 1 rings (SSSR count). The number of hydrogen-bond donors (Lipinski definition) is 0.